The van der Waals surface area contributed by atoms with Crippen molar-refractivity contribution in [1.29, 1.82) is 0 Å². The molecule has 2 aromatic rings. The van der Waals surface area contributed by atoms with Gasteiger partial charge in [-0.3, -0.25) is 9.69 Å². The Hall–Kier alpha value is -2.33. The molecule has 1 saturated heterocycles. The standard InChI is InChI=1S/C26H34N2O2/c1-18(2)15-23-7-8-24(17-25(23)20(4)29)28-12-10-27(11-13-28)19(3)22-6-5-21-9-14-30-26(21)16-22/h5-8,16-19H,9-15H2,1-4H3/t19-/m0/s1. The van der Waals surface area contributed by atoms with Gasteiger partial charge in [0.25, 0.3) is 0 Å². The van der Waals surface area contributed by atoms with Gasteiger partial charge in [0.05, 0.1) is 6.61 Å². The largest absolute Gasteiger partial charge is 0.493 e. The summed E-state index contributed by atoms with van der Waals surface area (Å²) in [5.41, 5.74) is 5.90. The summed E-state index contributed by atoms with van der Waals surface area (Å²) in [5, 5.41) is 0. The van der Waals surface area contributed by atoms with Crippen LogP contribution < -0.4 is 9.64 Å². The molecule has 2 aliphatic rings. The van der Waals surface area contributed by atoms with Crippen molar-refractivity contribution < 1.29 is 9.53 Å². The Morgan fingerprint density at radius 3 is 2.50 bits per heavy atom. The zero-order valence-electron chi connectivity index (χ0n) is 18.8. The Morgan fingerprint density at radius 2 is 1.80 bits per heavy atom. The number of piperazine rings is 1. The quantitative estimate of drug-likeness (QED) is 0.639. The summed E-state index contributed by atoms with van der Waals surface area (Å²) >= 11 is 0. The van der Waals surface area contributed by atoms with E-state index in [0.717, 1.165) is 56.9 Å². The van der Waals surface area contributed by atoms with Gasteiger partial charge in [-0.2, -0.15) is 0 Å². The summed E-state index contributed by atoms with van der Waals surface area (Å²) < 4.78 is 5.76. The van der Waals surface area contributed by atoms with Crippen molar-refractivity contribution in [1.82, 2.24) is 4.90 Å². The van der Waals surface area contributed by atoms with Gasteiger partial charge in [-0.25, -0.2) is 0 Å². The summed E-state index contributed by atoms with van der Waals surface area (Å²) in [6.07, 6.45) is 1.98. The maximum Gasteiger partial charge on any atom is 0.160 e. The van der Waals surface area contributed by atoms with Crippen molar-refractivity contribution in [2.24, 2.45) is 5.92 Å². The average molecular weight is 407 g/mol. The Labute approximate surface area is 180 Å². The van der Waals surface area contributed by atoms with E-state index >= 15 is 0 Å². The molecule has 0 aromatic heterocycles. The van der Waals surface area contributed by atoms with E-state index in [9.17, 15) is 4.79 Å². The fourth-order valence-electron chi connectivity index (χ4n) is 4.73. The third-order valence-electron chi connectivity index (χ3n) is 6.53. The van der Waals surface area contributed by atoms with E-state index in [0.29, 0.717) is 12.0 Å². The highest BCUT2D eigenvalue weighted by molar-refractivity contribution is 5.96. The van der Waals surface area contributed by atoms with Crippen molar-refractivity contribution in [3.05, 3.63) is 58.7 Å². The van der Waals surface area contributed by atoms with Gasteiger partial charge in [0.15, 0.2) is 5.78 Å². The minimum atomic E-state index is 0.165. The number of rotatable bonds is 6. The van der Waals surface area contributed by atoms with Crippen molar-refractivity contribution >= 4 is 11.5 Å². The van der Waals surface area contributed by atoms with Crippen molar-refractivity contribution in [2.75, 3.05) is 37.7 Å². The minimum Gasteiger partial charge on any atom is -0.493 e. The van der Waals surface area contributed by atoms with E-state index in [4.69, 9.17) is 4.74 Å². The monoisotopic (exact) mass is 406 g/mol. The first kappa shape index (κ1) is 20.9. The van der Waals surface area contributed by atoms with Gasteiger partial charge in [-0.1, -0.05) is 32.0 Å². The van der Waals surface area contributed by atoms with Gasteiger partial charge >= 0.3 is 0 Å². The molecule has 0 N–H and O–H groups in total. The SMILES string of the molecule is CC(=O)c1cc(N2CCN([C@@H](C)c3ccc4c(c3)OCC4)CC2)ccc1CC(C)C. The summed E-state index contributed by atoms with van der Waals surface area (Å²) in [6.45, 7) is 13.2. The first-order valence-electron chi connectivity index (χ1n) is 11.3. The summed E-state index contributed by atoms with van der Waals surface area (Å²) in [6, 6.07) is 13.6. The zero-order valence-corrected chi connectivity index (χ0v) is 18.8. The van der Waals surface area contributed by atoms with E-state index in [2.05, 4.69) is 67.0 Å². The fraction of sp³-hybridized carbons (Fsp3) is 0.500. The van der Waals surface area contributed by atoms with Crippen LogP contribution in [0.4, 0.5) is 5.69 Å². The van der Waals surface area contributed by atoms with Gasteiger partial charge in [-0.05, 0) is 61.1 Å². The molecular weight excluding hydrogens is 372 g/mol. The second-order valence-corrected chi connectivity index (χ2v) is 9.16. The predicted octanol–water partition coefficient (Wildman–Crippen LogP) is 4.91. The van der Waals surface area contributed by atoms with Crippen LogP contribution >= 0.6 is 0 Å². The molecule has 1 fully saturated rings. The zero-order chi connectivity index (χ0) is 21.3. The molecule has 0 aliphatic carbocycles. The molecule has 4 heteroatoms. The number of hydrogen-bond acceptors (Lipinski definition) is 4. The number of ether oxygens (including phenoxy) is 1. The molecule has 30 heavy (non-hydrogen) atoms. The third-order valence-corrected chi connectivity index (χ3v) is 6.53. The van der Waals surface area contributed by atoms with Crippen molar-refractivity contribution in [2.45, 2.75) is 46.6 Å². The van der Waals surface area contributed by atoms with Crippen LogP contribution in [-0.2, 0) is 12.8 Å². The second-order valence-electron chi connectivity index (χ2n) is 9.16. The van der Waals surface area contributed by atoms with Crippen LogP contribution in [0.25, 0.3) is 0 Å². The lowest BCUT2D eigenvalue weighted by Gasteiger charge is -2.39. The molecular formula is C26H34N2O2. The van der Waals surface area contributed by atoms with Crippen LogP contribution in [-0.4, -0.2) is 43.5 Å². The Balaban J connectivity index is 1.43. The molecule has 0 radical (unpaired) electrons. The number of carbonyl (C=O) groups is 1. The fourth-order valence-corrected chi connectivity index (χ4v) is 4.73. The summed E-state index contributed by atoms with van der Waals surface area (Å²) in [4.78, 5) is 17.2. The molecule has 0 saturated carbocycles. The maximum absolute atomic E-state index is 12.2. The van der Waals surface area contributed by atoms with Crippen molar-refractivity contribution in [3.8, 4) is 5.75 Å². The van der Waals surface area contributed by atoms with E-state index in [1.807, 2.05) is 0 Å². The van der Waals surface area contributed by atoms with Crippen LogP contribution in [0, 0.1) is 5.92 Å². The summed E-state index contributed by atoms with van der Waals surface area (Å²) in [7, 11) is 0. The third kappa shape index (κ3) is 4.39. The number of anilines is 1. The summed E-state index contributed by atoms with van der Waals surface area (Å²) in [5.74, 6) is 1.78. The Bertz CT molecular complexity index is 913. The number of benzene rings is 2. The number of ketones is 1. The molecule has 2 aromatic carbocycles. The molecule has 2 heterocycles. The minimum absolute atomic E-state index is 0.165. The number of Topliss-reactive ketones (excluding diaryl/α,β-unsaturated/α-hetero) is 1. The normalized spacial score (nSPS) is 17.7. The highest BCUT2D eigenvalue weighted by atomic mass is 16.5. The molecule has 0 unspecified atom stereocenters. The molecule has 2 aliphatic heterocycles. The lowest BCUT2D eigenvalue weighted by Crippen LogP contribution is -2.47. The highest BCUT2D eigenvalue weighted by Gasteiger charge is 2.24. The van der Waals surface area contributed by atoms with Crippen LogP contribution in [0.2, 0.25) is 0 Å². The van der Waals surface area contributed by atoms with E-state index in [1.54, 1.807) is 6.92 Å². The predicted molar refractivity (Wildman–Crippen MR) is 123 cm³/mol. The smallest absolute Gasteiger partial charge is 0.160 e. The van der Waals surface area contributed by atoms with Gasteiger partial charge in [0.1, 0.15) is 5.75 Å². The number of fused-ring (bicyclic) bond motifs is 1. The Morgan fingerprint density at radius 1 is 1.03 bits per heavy atom. The first-order valence-corrected chi connectivity index (χ1v) is 11.3. The lowest BCUT2D eigenvalue weighted by atomic mass is 9.95. The lowest BCUT2D eigenvalue weighted by molar-refractivity contribution is 0.101. The molecule has 160 valence electrons. The average Bonchev–Trinajstić information content (AvgIpc) is 3.21. The van der Waals surface area contributed by atoms with Crippen LogP contribution in [0.3, 0.4) is 0 Å². The van der Waals surface area contributed by atoms with Gasteiger partial charge in [0.2, 0.25) is 0 Å². The number of nitrogens with zero attached hydrogens (tertiary/aromatic N) is 2. The van der Waals surface area contributed by atoms with E-state index in [1.165, 1.54) is 22.4 Å². The van der Waals surface area contributed by atoms with Crippen molar-refractivity contribution in [3.63, 3.8) is 0 Å². The van der Waals surface area contributed by atoms with Crippen LogP contribution in [0.5, 0.6) is 5.75 Å². The second kappa shape index (κ2) is 8.81. The highest BCUT2D eigenvalue weighted by Crippen LogP contribution is 2.31. The van der Waals surface area contributed by atoms with Crippen LogP contribution in [0.15, 0.2) is 36.4 Å². The topological polar surface area (TPSA) is 32.8 Å². The molecule has 4 rings (SSSR count). The molecule has 0 bridgehead atoms. The molecule has 1 atom stereocenters. The first-order chi connectivity index (χ1) is 14.4. The van der Waals surface area contributed by atoms with E-state index in [-0.39, 0.29) is 5.78 Å². The van der Waals surface area contributed by atoms with E-state index < -0.39 is 0 Å². The molecule has 0 spiro atoms. The number of hydrogen-bond donors (Lipinski definition) is 0. The molecule has 0 amide bonds. The van der Waals surface area contributed by atoms with Gasteiger partial charge < -0.3 is 9.64 Å². The van der Waals surface area contributed by atoms with Gasteiger partial charge in [0, 0.05) is 49.9 Å². The maximum atomic E-state index is 12.2. The number of carbonyl (C=O) groups excluding carboxylic acids is 1. The Kier molecular flexibility index (Phi) is 6.14. The van der Waals surface area contributed by atoms with Crippen LogP contribution in [0.1, 0.15) is 60.8 Å². The molecule has 4 nitrogen and oxygen atoms in total. The van der Waals surface area contributed by atoms with Gasteiger partial charge in [-0.15, -0.1) is 0 Å².